The Hall–Kier alpha value is -0.330. The van der Waals surface area contributed by atoms with Gasteiger partial charge >= 0.3 is 0 Å². The van der Waals surface area contributed by atoms with Crippen molar-refractivity contribution in [2.24, 2.45) is 5.92 Å². The molecule has 0 aliphatic heterocycles. The third-order valence-electron chi connectivity index (χ3n) is 1.74. The topological polar surface area (TPSA) is 17.1 Å². The van der Waals surface area contributed by atoms with Crippen molar-refractivity contribution in [3.63, 3.8) is 0 Å². The Kier molecular flexibility index (Phi) is 6.19. The number of ketones is 1. The van der Waals surface area contributed by atoms with Gasteiger partial charge in [-0.1, -0.05) is 26.7 Å². The van der Waals surface area contributed by atoms with E-state index in [1.807, 2.05) is 0 Å². The molecule has 0 aromatic carbocycles. The number of hydrogen-bond donors (Lipinski definition) is 0. The van der Waals surface area contributed by atoms with Crippen LogP contribution in [0.5, 0.6) is 0 Å². The molecule has 0 aromatic rings. The monoisotopic (exact) mass is 155 g/mol. The zero-order valence-corrected chi connectivity index (χ0v) is 7.89. The van der Waals surface area contributed by atoms with Gasteiger partial charge in [-0.3, -0.25) is 0 Å². The number of Topliss-reactive ketones (excluding diaryl/α,β-unsaturated/α-hetero) is 1. The van der Waals surface area contributed by atoms with Crippen molar-refractivity contribution >= 4 is 5.78 Å². The molecule has 1 nitrogen and oxygen atoms in total. The fourth-order valence-electron chi connectivity index (χ4n) is 1.14. The quantitative estimate of drug-likeness (QED) is 0.539. The largest absolute Gasteiger partial charge is 0.300 e. The standard InChI is InChI=1S/C10H19O/c1-4-5-6-7-9(2)8-10(3)11/h7,9H,4-6,8H2,1-3H3. The summed E-state index contributed by atoms with van der Waals surface area (Å²) in [6.45, 7) is 5.95. The summed E-state index contributed by atoms with van der Waals surface area (Å²) in [7, 11) is 0. The molecule has 0 saturated heterocycles. The van der Waals surface area contributed by atoms with E-state index in [0.29, 0.717) is 18.1 Å². The van der Waals surface area contributed by atoms with Gasteiger partial charge in [0, 0.05) is 6.42 Å². The van der Waals surface area contributed by atoms with E-state index in [1.165, 1.54) is 12.8 Å². The lowest BCUT2D eigenvalue weighted by Crippen LogP contribution is -2.01. The van der Waals surface area contributed by atoms with Gasteiger partial charge in [0.1, 0.15) is 5.78 Å². The summed E-state index contributed by atoms with van der Waals surface area (Å²) < 4.78 is 0. The van der Waals surface area contributed by atoms with E-state index in [9.17, 15) is 4.79 Å². The summed E-state index contributed by atoms with van der Waals surface area (Å²) in [5.41, 5.74) is 0. The first-order valence-electron chi connectivity index (χ1n) is 4.49. The number of carbonyl (C=O) groups excluding carboxylic acids is 1. The highest BCUT2D eigenvalue weighted by Crippen LogP contribution is 2.11. The molecule has 0 aliphatic carbocycles. The van der Waals surface area contributed by atoms with E-state index in [0.717, 1.165) is 6.42 Å². The van der Waals surface area contributed by atoms with Crippen LogP contribution in [0.1, 0.15) is 46.5 Å². The predicted molar refractivity (Wildman–Crippen MR) is 48.3 cm³/mol. The number of unbranched alkanes of at least 4 members (excludes halogenated alkanes) is 2. The van der Waals surface area contributed by atoms with Gasteiger partial charge in [-0.2, -0.15) is 0 Å². The Morgan fingerprint density at radius 3 is 2.64 bits per heavy atom. The number of hydrogen-bond acceptors (Lipinski definition) is 1. The summed E-state index contributed by atoms with van der Waals surface area (Å²) >= 11 is 0. The average Bonchev–Trinajstić information content (AvgIpc) is 1.86. The van der Waals surface area contributed by atoms with Crippen LogP contribution in [0.4, 0.5) is 0 Å². The smallest absolute Gasteiger partial charge is 0.130 e. The second-order valence-electron chi connectivity index (χ2n) is 3.26. The zero-order chi connectivity index (χ0) is 8.69. The van der Waals surface area contributed by atoms with Gasteiger partial charge in [0.25, 0.3) is 0 Å². The van der Waals surface area contributed by atoms with Crippen molar-refractivity contribution < 1.29 is 4.79 Å². The van der Waals surface area contributed by atoms with Crippen LogP contribution in [0.15, 0.2) is 0 Å². The van der Waals surface area contributed by atoms with Gasteiger partial charge in [0.15, 0.2) is 0 Å². The Labute approximate surface area is 70.2 Å². The molecule has 1 unspecified atom stereocenters. The maximum atomic E-state index is 10.7. The second-order valence-corrected chi connectivity index (χ2v) is 3.26. The molecule has 0 aliphatic rings. The van der Waals surface area contributed by atoms with Crippen LogP contribution in [-0.4, -0.2) is 5.78 Å². The third-order valence-corrected chi connectivity index (χ3v) is 1.74. The van der Waals surface area contributed by atoms with Crippen LogP contribution in [0, 0.1) is 12.3 Å². The van der Waals surface area contributed by atoms with Gasteiger partial charge in [0.05, 0.1) is 0 Å². The van der Waals surface area contributed by atoms with Crippen LogP contribution >= 0.6 is 0 Å². The molecule has 1 atom stereocenters. The molecule has 11 heavy (non-hydrogen) atoms. The Balaban J connectivity index is 3.22. The van der Waals surface area contributed by atoms with Crippen molar-refractivity contribution in [1.29, 1.82) is 0 Å². The van der Waals surface area contributed by atoms with E-state index in [-0.39, 0.29) is 0 Å². The SMILES string of the molecule is CCCC[CH]C(C)CC(C)=O. The summed E-state index contributed by atoms with van der Waals surface area (Å²) in [6.07, 6.45) is 6.62. The normalized spacial score (nSPS) is 13.0. The van der Waals surface area contributed by atoms with Gasteiger partial charge < -0.3 is 4.79 Å². The molecule has 65 valence electrons. The molecule has 0 aromatic heterocycles. The van der Waals surface area contributed by atoms with E-state index in [1.54, 1.807) is 6.92 Å². The Morgan fingerprint density at radius 1 is 1.55 bits per heavy atom. The highest BCUT2D eigenvalue weighted by molar-refractivity contribution is 5.75. The molecule has 0 saturated carbocycles. The average molecular weight is 155 g/mol. The molecule has 1 radical (unpaired) electrons. The molecule has 0 amide bonds. The van der Waals surface area contributed by atoms with Gasteiger partial charge in [-0.05, 0) is 25.7 Å². The molecule has 0 spiro atoms. The van der Waals surface area contributed by atoms with Gasteiger partial charge in [-0.25, -0.2) is 0 Å². The summed E-state index contributed by atoms with van der Waals surface area (Å²) in [6, 6.07) is 0. The molecule has 0 heterocycles. The number of carbonyl (C=O) groups is 1. The lowest BCUT2D eigenvalue weighted by molar-refractivity contribution is -0.117. The van der Waals surface area contributed by atoms with Crippen molar-refractivity contribution in [1.82, 2.24) is 0 Å². The summed E-state index contributed by atoms with van der Waals surface area (Å²) in [5.74, 6) is 0.768. The van der Waals surface area contributed by atoms with Crippen LogP contribution in [0.3, 0.4) is 0 Å². The first-order chi connectivity index (χ1) is 5.16. The van der Waals surface area contributed by atoms with Crippen molar-refractivity contribution in [3.8, 4) is 0 Å². The maximum absolute atomic E-state index is 10.7. The second kappa shape index (κ2) is 6.38. The highest BCUT2D eigenvalue weighted by Gasteiger charge is 2.04. The molecule has 0 bridgehead atoms. The fourth-order valence-corrected chi connectivity index (χ4v) is 1.14. The Bertz CT molecular complexity index is 107. The maximum Gasteiger partial charge on any atom is 0.130 e. The molecule has 1 heteroatoms. The van der Waals surface area contributed by atoms with Crippen molar-refractivity contribution in [2.45, 2.75) is 46.5 Å². The van der Waals surface area contributed by atoms with Gasteiger partial charge in [-0.15, -0.1) is 0 Å². The minimum absolute atomic E-state index is 0.297. The van der Waals surface area contributed by atoms with Crippen LogP contribution < -0.4 is 0 Å². The molecule has 0 rings (SSSR count). The van der Waals surface area contributed by atoms with E-state index in [2.05, 4.69) is 20.3 Å². The summed E-state index contributed by atoms with van der Waals surface area (Å²) in [5, 5.41) is 0. The van der Waals surface area contributed by atoms with E-state index >= 15 is 0 Å². The number of rotatable bonds is 6. The van der Waals surface area contributed by atoms with E-state index < -0.39 is 0 Å². The molecular weight excluding hydrogens is 136 g/mol. The third kappa shape index (κ3) is 7.57. The van der Waals surface area contributed by atoms with E-state index in [4.69, 9.17) is 0 Å². The van der Waals surface area contributed by atoms with Crippen molar-refractivity contribution in [3.05, 3.63) is 6.42 Å². The summed E-state index contributed by atoms with van der Waals surface area (Å²) in [4.78, 5) is 10.7. The van der Waals surface area contributed by atoms with Crippen LogP contribution in [-0.2, 0) is 4.79 Å². The first-order valence-corrected chi connectivity index (χ1v) is 4.49. The lowest BCUT2D eigenvalue weighted by atomic mass is 9.98. The minimum atomic E-state index is 0.297. The lowest BCUT2D eigenvalue weighted by Gasteiger charge is -2.06. The first kappa shape index (κ1) is 10.7. The Morgan fingerprint density at radius 2 is 2.18 bits per heavy atom. The zero-order valence-electron chi connectivity index (χ0n) is 7.89. The fraction of sp³-hybridized carbons (Fsp3) is 0.800. The predicted octanol–water partition coefficient (Wildman–Crippen LogP) is 3.00. The highest BCUT2D eigenvalue weighted by atomic mass is 16.1. The van der Waals surface area contributed by atoms with Crippen LogP contribution in [0.2, 0.25) is 0 Å². The molecule has 0 fully saturated rings. The molecule has 0 N–H and O–H groups in total. The minimum Gasteiger partial charge on any atom is -0.300 e. The van der Waals surface area contributed by atoms with Gasteiger partial charge in [0.2, 0.25) is 0 Å². The van der Waals surface area contributed by atoms with Crippen LogP contribution in [0.25, 0.3) is 0 Å². The molecular formula is C10H19O. The van der Waals surface area contributed by atoms with Crippen molar-refractivity contribution in [2.75, 3.05) is 0 Å².